The average molecular weight is 426 g/mol. The molecule has 1 aromatic heterocycles. The smallest absolute Gasteiger partial charge is 0.355 e. The Morgan fingerprint density at radius 2 is 2.21 bits per heavy atom. The Balaban J connectivity index is 1.76. The molecule has 8 nitrogen and oxygen atoms in total. The number of esters is 1. The maximum absolute atomic E-state index is 12.2. The first-order valence-electron chi connectivity index (χ1n) is 8.79. The molecule has 1 unspecified atom stereocenters. The third-order valence-corrected chi connectivity index (χ3v) is 6.54. The summed E-state index contributed by atoms with van der Waals surface area (Å²) in [5.74, 6) is -0.960. The van der Waals surface area contributed by atoms with Crippen LogP contribution < -0.4 is 5.43 Å². The van der Waals surface area contributed by atoms with Gasteiger partial charge in [-0.2, -0.15) is 5.10 Å². The van der Waals surface area contributed by atoms with E-state index in [9.17, 15) is 18.0 Å². The lowest BCUT2D eigenvalue weighted by atomic mass is 10.1. The van der Waals surface area contributed by atoms with Crippen molar-refractivity contribution in [3.63, 3.8) is 0 Å². The van der Waals surface area contributed by atoms with Crippen molar-refractivity contribution in [3.05, 3.63) is 34.5 Å². The molecule has 0 saturated carbocycles. The van der Waals surface area contributed by atoms with Gasteiger partial charge in [0.2, 0.25) is 5.91 Å². The van der Waals surface area contributed by atoms with Gasteiger partial charge in [-0.05, 0) is 31.4 Å². The number of benzene rings is 1. The fraction of sp³-hybridized carbons (Fsp3) is 0.389. The molecule has 1 atom stereocenters. The number of sulfone groups is 1. The number of amides is 1. The number of hydrogen-bond acceptors (Lipinski definition) is 6. The second kappa shape index (κ2) is 8.32. The number of aromatic nitrogens is 1. The minimum atomic E-state index is -3.03. The zero-order valence-corrected chi connectivity index (χ0v) is 16.8. The first-order chi connectivity index (χ1) is 13.3. The number of ether oxygens (including phenoxy) is 1. The molecule has 1 fully saturated rings. The molecule has 28 heavy (non-hydrogen) atoms. The number of hydrogen-bond donors (Lipinski definition) is 2. The van der Waals surface area contributed by atoms with Gasteiger partial charge in [0, 0.05) is 27.9 Å². The lowest BCUT2D eigenvalue weighted by Crippen LogP contribution is -2.21. The molecule has 0 radical (unpaired) electrons. The number of hydrazone groups is 1. The monoisotopic (exact) mass is 425 g/mol. The van der Waals surface area contributed by atoms with Crippen LogP contribution in [0.1, 0.15) is 35.8 Å². The maximum Gasteiger partial charge on any atom is 0.355 e. The Labute approximate surface area is 167 Å². The summed E-state index contributed by atoms with van der Waals surface area (Å²) in [6.45, 7) is 1.92. The first-order valence-corrected chi connectivity index (χ1v) is 11.0. The van der Waals surface area contributed by atoms with Crippen molar-refractivity contribution in [3.8, 4) is 0 Å². The second-order valence-corrected chi connectivity index (χ2v) is 9.26. The van der Waals surface area contributed by atoms with Gasteiger partial charge in [0.15, 0.2) is 9.84 Å². The van der Waals surface area contributed by atoms with E-state index in [1.54, 1.807) is 25.1 Å². The first kappa shape index (κ1) is 20.3. The van der Waals surface area contributed by atoms with E-state index in [4.69, 9.17) is 16.3 Å². The number of fused-ring (bicyclic) bond motifs is 1. The van der Waals surface area contributed by atoms with Crippen LogP contribution >= 0.6 is 11.6 Å². The van der Waals surface area contributed by atoms with Gasteiger partial charge in [-0.15, -0.1) is 0 Å². The van der Waals surface area contributed by atoms with Crippen LogP contribution in [0.4, 0.5) is 0 Å². The Hall–Kier alpha value is -2.39. The van der Waals surface area contributed by atoms with E-state index in [-0.39, 0.29) is 42.1 Å². The molecule has 150 valence electrons. The summed E-state index contributed by atoms with van der Waals surface area (Å²) in [5.41, 5.74) is 3.71. The minimum Gasteiger partial charge on any atom is -0.461 e. The standard InChI is InChI=1S/C18H20ClN3O5S/c1-2-27-18(24)17-14(13-4-3-12(19)8-15(13)21-17)9-20-22-16(23)7-11-5-6-28(25,26)10-11/h3-4,8-9,11,21H,2,5-7,10H2,1H3,(H,22,23)/b20-9+. The molecule has 3 rings (SSSR count). The number of nitrogens with zero attached hydrogens (tertiary/aromatic N) is 1. The number of halogens is 1. The highest BCUT2D eigenvalue weighted by Gasteiger charge is 2.29. The van der Waals surface area contributed by atoms with E-state index in [1.807, 2.05) is 0 Å². The van der Waals surface area contributed by atoms with E-state index in [1.165, 1.54) is 6.21 Å². The van der Waals surface area contributed by atoms with Gasteiger partial charge in [0.1, 0.15) is 5.69 Å². The van der Waals surface area contributed by atoms with Crippen molar-refractivity contribution in [1.29, 1.82) is 0 Å². The fourth-order valence-corrected chi connectivity index (χ4v) is 5.23. The average Bonchev–Trinajstić information content (AvgIpc) is 3.14. The Bertz CT molecular complexity index is 1040. The van der Waals surface area contributed by atoms with Gasteiger partial charge < -0.3 is 9.72 Å². The summed E-state index contributed by atoms with van der Waals surface area (Å²) >= 11 is 6.00. The number of aromatic amines is 1. The number of carbonyl (C=O) groups excluding carboxylic acids is 2. The summed E-state index contributed by atoms with van der Waals surface area (Å²) < 4.78 is 28.0. The van der Waals surface area contributed by atoms with E-state index in [0.717, 1.165) is 0 Å². The van der Waals surface area contributed by atoms with E-state index in [0.29, 0.717) is 27.9 Å². The van der Waals surface area contributed by atoms with Crippen LogP contribution in [0.2, 0.25) is 5.02 Å². The van der Waals surface area contributed by atoms with Crippen molar-refractivity contribution >= 4 is 50.4 Å². The molecule has 2 heterocycles. The molecule has 10 heteroatoms. The van der Waals surface area contributed by atoms with Crippen LogP contribution in [-0.4, -0.2) is 49.6 Å². The van der Waals surface area contributed by atoms with Gasteiger partial charge >= 0.3 is 5.97 Å². The summed E-state index contributed by atoms with van der Waals surface area (Å²) in [6, 6.07) is 5.10. The summed E-state index contributed by atoms with van der Waals surface area (Å²) in [5, 5.41) is 5.14. The topological polar surface area (TPSA) is 118 Å². The molecule has 0 aliphatic carbocycles. The zero-order chi connectivity index (χ0) is 20.3. The number of nitrogens with one attached hydrogen (secondary N) is 2. The van der Waals surface area contributed by atoms with Crippen LogP contribution in [0.25, 0.3) is 10.9 Å². The maximum atomic E-state index is 12.2. The molecule has 1 amide bonds. The summed E-state index contributed by atoms with van der Waals surface area (Å²) in [4.78, 5) is 27.2. The van der Waals surface area contributed by atoms with Gasteiger partial charge in [-0.1, -0.05) is 17.7 Å². The highest BCUT2D eigenvalue weighted by Crippen LogP contribution is 2.25. The lowest BCUT2D eigenvalue weighted by molar-refractivity contribution is -0.121. The van der Waals surface area contributed by atoms with Crippen LogP contribution in [0.3, 0.4) is 0 Å². The largest absolute Gasteiger partial charge is 0.461 e. The van der Waals surface area contributed by atoms with Gasteiger partial charge in [0.05, 0.1) is 24.3 Å². The van der Waals surface area contributed by atoms with Gasteiger partial charge in [-0.25, -0.2) is 18.6 Å². The zero-order valence-electron chi connectivity index (χ0n) is 15.2. The van der Waals surface area contributed by atoms with E-state index < -0.39 is 15.8 Å². The summed E-state index contributed by atoms with van der Waals surface area (Å²) in [6.07, 6.45) is 1.93. The summed E-state index contributed by atoms with van der Waals surface area (Å²) in [7, 11) is -3.03. The molecule has 2 aromatic rings. The molecule has 1 saturated heterocycles. The van der Waals surface area contributed by atoms with Crippen LogP contribution in [0.5, 0.6) is 0 Å². The third kappa shape index (κ3) is 4.71. The van der Waals surface area contributed by atoms with Crippen LogP contribution in [0.15, 0.2) is 23.3 Å². The second-order valence-electron chi connectivity index (χ2n) is 6.59. The van der Waals surface area contributed by atoms with Crippen LogP contribution in [-0.2, 0) is 19.4 Å². The number of rotatable bonds is 6. The molecule has 1 aliphatic rings. The molecular weight excluding hydrogens is 406 g/mol. The SMILES string of the molecule is CCOC(=O)c1[nH]c2cc(Cl)ccc2c1/C=N/NC(=O)CC1CCS(=O)(=O)C1. The lowest BCUT2D eigenvalue weighted by Gasteiger charge is -2.05. The Morgan fingerprint density at radius 3 is 2.89 bits per heavy atom. The quantitative estimate of drug-likeness (QED) is 0.418. The van der Waals surface area contributed by atoms with Crippen molar-refractivity contribution < 1.29 is 22.7 Å². The normalized spacial score (nSPS) is 18.6. The number of H-pyrrole nitrogens is 1. The van der Waals surface area contributed by atoms with Crippen LogP contribution in [0, 0.1) is 5.92 Å². The predicted molar refractivity (Wildman–Crippen MR) is 106 cm³/mol. The third-order valence-electron chi connectivity index (χ3n) is 4.46. The number of carbonyl (C=O) groups is 2. The van der Waals surface area contributed by atoms with Gasteiger partial charge in [-0.3, -0.25) is 4.79 Å². The molecule has 0 bridgehead atoms. The molecule has 0 spiro atoms. The molecule has 1 aliphatic heterocycles. The molecule has 1 aromatic carbocycles. The predicted octanol–water partition coefficient (Wildman–Crippen LogP) is 2.27. The minimum absolute atomic E-state index is 0.0281. The molecular formula is C18H20ClN3O5S. The highest BCUT2D eigenvalue weighted by atomic mass is 35.5. The van der Waals surface area contributed by atoms with Crippen molar-refractivity contribution in [2.24, 2.45) is 11.0 Å². The van der Waals surface area contributed by atoms with Gasteiger partial charge in [0.25, 0.3) is 0 Å². The Morgan fingerprint density at radius 1 is 1.43 bits per heavy atom. The van der Waals surface area contributed by atoms with E-state index >= 15 is 0 Å². The Kier molecular flexibility index (Phi) is 6.04. The van der Waals surface area contributed by atoms with Crippen molar-refractivity contribution in [1.82, 2.24) is 10.4 Å². The molecule has 2 N–H and O–H groups in total. The fourth-order valence-electron chi connectivity index (χ4n) is 3.20. The van der Waals surface area contributed by atoms with E-state index in [2.05, 4.69) is 15.5 Å². The van der Waals surface area contributed by atoms with Crippen molar-refractivity contribution in [2.45, 2.75) is 19.8 Å². The van der Waals surface area contributed by atoms with Crippen molar-refractivity contribution in [2.75, 3.05) is 18.1 Å². The highest BCUT2D eigenvalue weighted by molar-refractivity contribution is 7.91.